The van der Waals surface area contributed by atoms with Crippen LogP contribution in [0.2, 0.25) is 0 Å². The smallest absolute Gasteiger partial charge is 0.326 e. The molecule has 0 unspecified atom stereocenters. The van der Waals surface area contributed by atoms with Crippen LogP contribution in [0.4, 0.5) is 0 Å². The predicted octanol–water partition coefficient (Wildman–Crippen LogP) is 1.46. The topological polar surface area (TPSA) is 104 Å². The third-order valence-corrected chi connectivity index (χ3v) is 5.41. The van der Waals surface area contributed by atoms with E-state index in [9.17, 15) is 24.3 Å². The van der Waals surface area contributed by atoms with E-state index in [1.54, 1.807) is 0 Å². The highest BCUT2D eigenvalue weighted by Crippen LogP contribution is 2.20. The Hall–Kier alpha value is -2.35. The number of hydrogen-bond donors (Lipinski definition) is 2. The fraction of sp³-hybridized carbons (Fsp3) is 0.474. The van der Waals surface area contributed by atoms with Crippen LogP contribution in [0.1, 0.15) is 32.3 Å². The summed E-state index contributed by atoms with van der Waals surface area (Å²) >= 11 is 0.924. The maximum Gasteiger partial charge on any atom is 0.326 e. The number of hydrogen-bond acceptors (Lipinski definition) is 5. The van der Waals surface area contributed by atoms with Crippen LogP contribution >= 0.6 is 11.8 Å². The first-order valence-electron chi connectivity index (χ1n) is 8.84. The van der Waals surface area contributed by atoms with E-state index in [4.69, 9.17) is 0 Å². The van der Waals surface area contributed by atoms with E-state index in [2.05, 4.69) is 5.32 Å². The lowest BCUT2D eigenvalue weighted by Crippen LogP contribution is -2.52. The molecule has 0 spiro atoms. The molecule has 27 heavy (non-hydrogen) atoms. The molecular formula is C19H24N2O5S. The monoisotopic (exact) mass is 392 g/mol. The standard InChI is InChI=1S/C19H24N2O5S/c1-12(18(24)21-10-6-9-15(21)19(25)26)20-17(23)16(27-13(2)22)11-14-7-4-3-5-8-14/h3-5,7-8,12,15-16H,6,9-11H2,1-2H3,(H,20,23)(H,25,26)/t12-,15-,16+/m0/s1. The van der Waals surface area contributed by atoms with E-state index >= 15 is 0 Å². The number of carboxylic acid groups (broad SMARTS) is 1. The van der Waals surface area contributed by atoms with Crippen LogP contribution in [-0.2, 0) is 25.6 Å². The summed E-state index contributed by atoms with van der Waals surface area (Å²) < 4.78 is 0. The third-order valence-electron chi connectivity index (χ3n) is 4.41. The number of thioether (sulfide) groups is 1. The Bertz CT molecular complexity index is 709. The van der Waals surface area contributed by atoms with Crippen molar-refractivity contribution < 1.29 is 24.3 Å². The maximum absolute atomic E-state index is 12.7. The van der Waals surface area contributed by atoms with Gasteiger partial charge in [0.2, 0.25) is 11.8 Å². The summed E-state index contributed by atoms with van der Waals surface area (Å²) in [4.78, 5) is 49.3. The molecule has 1 heterocycles. The SMILES string of the molecule is CC(=O)S[C@H](Cc1ccccc1)C(=O)N[C@@H](C)C(=O)N1CCC[C@H]1C(=O)O. The van der Waals surface area contributed by atoms with Crippen LogP contribution in [0.15, 0.2) is 30.3 Å². The number of likely N-dealkylation sites (tertiary alicyclic amines) is 1. The average Bonchev–Trinajstić information content (AvgIpc) is 3.11. The molecule has 1 fully saturated rings. The highest BCUT2D eigenvalue weighted by molar-refractivity contribution is 8.14. The second kappa shape index (κ2) is 9.55. The van der Waals surface area contributed by atoms with Gasteiger partial charge in [-0.05, 0) is 31.7 Å². The minimum atomic E-state index is -1.03. The average molecular weight is 392 g/mol. The number of aliphatic carboxylic acids is 1. The second-order valence-corrected chi connectivity index (χ2v) is 7.93. The molecule has 146 valence electrons. The Labute approximate surface area is 162 Å². The first kappa shape index (κ1) is 21.0. The molecule has 1 saturated heterocycles. The number of carbonyl (C=O) groups excluding carboxylic acids is 3. The van der Waals surface area contributed by atoms with Crippen molar-refractivity contribution >= 4 is 34.7 Å². The Balaban J connectivity index is 2.03. The van der Waals surface area contributed by atoms with Gasteiger partial charge in [-0.3, -0.25) is 14.4 Å². The maximum atomic E-state index is 12.7. The van der Waals surface area contributed by atoms with Crippen molar-refractivity contribution in [2.45, 2.75) is 50.4 Å². The third kappa shape index (κ3) is 5.82. The Morgan fingerprint density at radius 3 is 2.52 bits per heavy atom. The van der Waals surface area contributed by atoms with E-state index in [1.165, 1.54) is 18.7 Å². The van der Waals surface area contributed by atoms with Gasteiger partial charge < -0.3 is 15.3 Å². The number of rotatable bonds is 7. The van der Waals surface area contributed by atoms with E-state index in [-0.39, 0.29) is 5.12 Å². The summed E-state index contributed by atoms with van der Waals surface area (Å²) in [6, 6.07) is 7.62. The fourth-order valence-electron chi connectivity index (χ4n) is 3.12. The van der Waals surface area contributed by atoms with Gasteiger partial charge in [-0.25, -0.2) is 4.79 Å². The number of nitrogens with one attached hydrogen (secondary N) is 1. The Kier molecular flexibility index (Phi) is 7.41. The van der Waals surface area contributed by atoms with Crippen molar-refractivity contribution in [3.63, 3.8) is 0 Å². The number of benzene rings is 1. The van der Waals surface area contributed by atoms with Crippen molar-refractivity contribution in [3.8, 4) is 0 Å². The molecule has 1 aliphatic rings. The van der Waals surface area contributed by atoms with Gasteiger partial charge in [0.05, 0.1) is 5.25 Å². The molecule has 1 aliphatic heterocycles. The lowest BCUT2D eigenvalue weighted by molar-refractivity contribution is -0.149. The van der Waals surface area contributed by atoms with Gasteiger partial charge in [-0.15, -0.1) is 0 Å². The van der Waals surface area contributed by atoms with Crippen molar-refractivity contribution in [2.24, 2.45) is 0 Å². The summed E-state index contributed by atoms with van der Waals surface area (Å²) in [6.45, 7) is 3.30. The van der Waals surface area contributed by atoms with Crippen molar-refractivity contribution in [1.82, 2.24) is 10.2 Å². The van der Waals surface area contributed by atoms with Crippen LogP contribution < -0.4 is 5.32 Å². The summed E-state index contributed by atoms with van der Waals surface area (Å²) in [5.41, 5.74) is 0.913. The molecule has 2 N–H and O–H groups in total. The fourth-order valence-corrected chi connectivity index (χ4v) is 3.97. The molecule has 7 nitrogen and oxygen atoms in total. The molecule has 2 rings (SSSR count). The second-order valence-electron chi connectivity index (χ2n) is 6.55. The van der Waals surface area contributed by atoms with Crippen molar-refractivity contribution in [2.75, 3.05) is 6.54 Å². The van der Waals surface area contributed by atoms with E-state index < -0.39 is 35.1 Å². The number of amides is 2. The zero-order valence-corrected chi connectivity index (χ0v) is 16.2. The van der Waals surface area contributed by atoms with E-state index in [0.29, 0.717) is 25.8 Å². The molecule has 1 aromatic carbocycles. The van der Waals surface area contributed by atoms with Crippen LogP contribution in [0.3, 0.4) is 0 Å². The Morgan fingerprint density at radius 1 is 1.26 bits per heavy atom. The van der Waals surface area contributed by atoms with E-state index in [0.717, 1.165) is 17.3 Å². The highest BCUT2D eigenvalue weighted by atomic mass is 32.2. The van der Waals surface area contributed by atoms with Crippen LogP contribution in [0.25, 0.3) is 0 Å². The molecule has 8 heteroatoms. The van der Waals surface area contributed by atoms with Crippen LogP contribution in [0, 0.1) is 0 Å². The quantitative estimate of drug-likeness (QED) is 0.728. The molecule has 3 atom stereocenters. The molecular weight excluding hydrogens is 368 g/mol. The van der Waals surface area contributed by atoms with Gasteiger partial charge in [-0.1, -0.05) is 42.1 Å². The van der Waals surface area contributed by atoms with E-state index in [1.807, 2.05) is 30.3 Å². The molecule has 0 aliphatic carbocycles. The predicted molar refractivity (Wildman–Crippen MR) is 102 cm³/mol. The van der Waals surface area contributed by atoms with Crippen molar-refractivity contribution in [3.05, 3.63) is 35.9 Å². The number of carboxylic acids is 1. The van der Waals surface area contributed by atoms with Gasteiger partial charge >= 0.3 is 5.97 Å². The number of nitrogens with zero attached hydrogens (tertiary/aromatic N) is 1. The largest absolute Gasteiger partial charge is 0.480 e. The lowest BCUT2D eigenvalue weighted by Gasteiger charge is -2.26. The molecule has 2 amide bonds. The van der Waals surface area contributed by atoms with Crippen LogP contribution in [0.5, 0.6) is 0 Å². The van der Waals surface area contributed by atoms with Gasteiger partial charge in [0.15, 0.2) is 5.12 Å². The summed E-state index contributed by atoms with van der Waals surface area (Å²) in [5.74, 6) is -1.86. The Morgan fingerprint density at radius 2 is 1.93 bits per heavy atom. The molecule has 1 aromatic rings. The van der Waals surface area contributed by atoms with Gasteiger partial charge in [0.25, 0.3) is 0 Å². The zero-order chi connectivity index (χ0) is 20.0. The summed E-state index contributed by atoms with van der Waals surface area (Å²) in [5, 5.41) is 11.0. The summed E-state index contributed by atoms with van der Waals surface area (Å²) in [6.07, 6.45) is 1.40. The lowest BCUT2D eigenvalue weighted by atomic mass is 10.1. The first-order chi connectivity index (χ1) is 12.8. The minimum absolute atomic E-state index is 0.185. The highest BCUT2D eigenvalue weighted by Gasteiger charge is 2.36. The minimum Gasteiger partial charge on any atom is -0.480 e. The molecule has 0 bridgehead atoms. The van der Waals surface area contributed by atoms with Gasteiger partial charge in [0.1, 0.15) is 12.1 Å². The molecule has 0 aromatic heterocycles. The molecule has 0 radical (unpaired) electrons. The van der Waals surface area contributed by atoms with Crippen LogP contribution in [-0.4, -0.2) is 56.8 Å². The zero-order valence-electron chi connectivity index (χ0n) is 15.4. The first-order valence-corrected chi connectivity index (χ1v) is 9.72. The van der Waals surface area contributed by atoms with Gasteiger partial charge in [0, 0.05) is 13.5 Å². The summed E-state index contributed by atoms with van der Waals surface area (Å²) in [7, 11) is 0. The number of carbonyl (C=O) groups is 4. The molecule has 0 saturated carbocycles. The van der Waals surface area contributed by atoms with Gasteiger partial charge in [-0.2, -0.15) is 0 Å². The van der Waals surface area contributed by atoms with Crippen molar-refractivity contribution in [1.29, 1.82) is 0 Å². The normalized spacial score (nSPS) is 18.6.